The second-order valence-corrected chi connectivity index (χ2v) is 4.18. The Balaban J connectivity index is 2.29. The minimum atomic E-state index is -1.28. The summed E-state index contributed by atoms with van der Waals surface area (Å²) in [5.41, 5.74) is -0.635. The number of halogens is 2. The summed E-state index contributed by atoms with van der Waals surface area (Å²) in [5.74, 6) is -3.39. The van der Waals surface area contributed by atoms with Crippen LogP contribution < -0.4 is 5.32 Å². The lowest BCUT2D eigenvalue weighted by atomic mass is 10.1. The second kappa shape index (κ2) is 5.61. The highest BCUT2D eigenvalue weighted by molar-refractivity contribution is 6.04. The number of rotatable bonds is 3. The molecule has 2 aromatic rings. The summed E-state index contributed by atoms with van der Waals surface area (Å²) in [6.45, 7) is 1.75. The molecule has 0 aliphatic heterocycles. The number of amides is 1. The maximum Gasteiger partial charge on any atom is 0.307 e. The fourth-order valence-electron chi connectivity index (χ4n) is 1.59. The van der Waals surface area contributed by atoms with Gasteiger partial charge in [0.05, 0.1) is 28.4 Å². The van der Waals surface area contributed by atoms with Crippen LogP contribution in [0.3, 0.4) is 0 Å². The Bertz CT molecular complexity index is 717. The molecule has 1 amide bonds. The number of nitro groups is 1. The first-order valence-corrected chi connectivity index (χ1v) is 5.76. The van der Waals surface area contributed by atoms with Crippen molar-refractivity contribution in [3.05, 3.63) is 63.5 Å². The Kier molecular flexibility index (Phi) is 3.88. The second-order valence-electron chi connectivity index (χ2n) is 4.18. The maximum absolute atomic E-state index is 13.7. The van der Waals surface area contributed by atoms with Gasteiger partial charge in [0.15, 0.2) is 0 Å². The number of nitro benzene ring substituents is 1. The average Bonchev–Trinajstić information content (AvgIpc) is 2.43. The molecule has 1 N–H and O–H groups in total. The average molecular weight is 293 g/mol. The molecule has 0 bridgehead atoms. The highest BCUT2D eigenvalue weighted by Crippen LogP contribution is 2.22. The Morgan fingerprint density at radius 1 is 1.29 bits per heavy atom. The molecule has 0 fully saturated rings. The Morgan fingerprint density at radius 2 is 2.00 bits per heavy atom. The summed E-state index contributed by atoms with van der Waals surface area (Å²) in [6.07, 6.45) is 1.35. The summed E-state index contributed by atoms with van der Waals surface area (Å²) in [4.78, 5) is 25.2. The third-order valence-electron chi connectivity index (χ3n) is 2.65. The zero-order valence-corrected chi connectivity index (χ0v) is 10.8. The van der Waals surface area contributed by atoms with E-state index in [9.17, 15) is 23.7 Å². The molecule has 0 unspecified atom stereocenters. The van der Waals surface area contributed by atoms with E-state index in [-0.39, 0.29) is 0 Å². The monoisotopic (exact) mass is 293 g/mol. The van der Waals surface area contributed by atoms with Gasteiger partial charge in [-0.3, -0.25) is 19.9 Å². The van der Waals surface area contributed by atoms with Gasteiger partial charge in [-0.25, -0.2) is 4.39 Å². The molecule has 0 aliphatic rings. The molecule has 8 heteroatoms. The first-order chi connectivity index (χ1) is 9.88. The minimum Gasteiger partial charge on any atom is -0.320 e. The molecule has 0 saturated heterocycles. The van der Waals surface area contributed by atoms with Gasteiger partial charge in [0.2, 0.25) is 5.82 Å². The number of hydrogen-bond donors (Lipinski definition) is 1. The number of carbonyl (C=O) groups is 1. The summed E-state index contributed by atoms with van der Waals surface area (Å²) in [5, 5.41) is 12.8. The highest BCUT2D eigenvalue weighted by Gasteiger charge is 2.22. The van der Waals surface area contributed by atoms with Crippen LogP contribution >= 0.6 is 0 Å². The van der Waals surface area contributed by atoms with Gasteiger partial charge in [-0.05, 0) is 25.1 Å². The molecule has 21 heavy (non-hydrogen) atoms. The Labute approximate surface area is 117 Å². The first-order valence-electron chi connectivity index (χ1n) is 5.76. The zero-order valence-electron chi connectivity index (χ0n) is 10.8. The number of hydrogen-bond acceptors (Lipinski definition) is 4. The summed E-state index contributed by atoms with van der Waals surface area (Å²) >= 11 is 0. The van der Waals surface area contributed by atoms with Gasteiger partial charge < -0.3 is 5.32 Å². The molecule has 1 aromatic carbocycles. The van der Waals surface area contributed by atoms with Gasteiger partial charge in [0.25, 0.3) is 5.91 Å². The third-order valence-corrected chi connectivity index (χ3v) is 2.65. The van der Waals surface area contributed by atoms with E-state index < -0.39 is 33.7 Å². The van der Waals surface area contributed by atoms with Crippen LogP contribution in [0.1, 0.15) is 16.1 Å². The van der Waals surface area contributed by atoms with Crippen LogP contribution in [-0.4, -0.2) is 15.8 Å². The van der Waals surface area contributed by atoms with Gasteiger partial charge in [-0.15, -0.1) is 0 Å². The summed E-state index contributed by atoms with van der Waals surface area (Å²) in [6, 6.07) is 4.03. The first kappa shape index (κ1) is 14.5. The van der Waals surface area contributed by atoms with Crippen molar-refractivity contribution in [2.45, 2.75) is 6.92 Å². The smallest absolute Gasteiger partial charge is 0.307 e. The van der Waals surface area contributed by atoms with Crippen molar-refractivity contribution in [3.63, 3.8) is 0 Å². The number of nitrogens with zero attached hydrogens (tertiary/aromatic N) is 2. The van der Waals surface area contributed by atoms with E-state index in [0.29, 0.717) is 17.8 Å². The van der Waals surface area contributed by atoms with Gasteiger partial charge in [-0.1, -0.05) is 0 Å². The number of benzene rings is 1. The van der Waals surface area contributed by atoms with E-state index in [1.807, 2.05) is 0 Å². The van der Waals surface area contributed by atoms with Crippen LogP contribution in [0.5, 0.6) is 0 Å². The molecule has 108 valence electrons. The maximum atomic E-state index is 13.7. The number of anilines is 1. The van der Waals surface area contributed by atoms with Gasteiger partial charge >= 0.3 is 5.69 Å². The van der Waals surface area contributed by atoms with E-state index in [1.54, 1.807) is 19.1 Å². The van der Waals surface area contributed by atoms with Crippen LogP contribution in [0.2, 0.25) is 0 Å². The van der Waals surface area contributed by atoms with Crippen molar-refractivity contribution in [3.8, 4) is 0 Å². The molecule has 1 aromatic heterocycles. The summed E-state index contributed by atoms with van der Waals surface area (Å²) < 4.78 is 27.1. The van der Waals surface area contributed by atoms with Crippen molar-refractivity contribution in [1.29, 1.82) is 0 Å². The SMILES string of the molecule is Cc1ccc(NC(=O)c2cc(F)c([N+](=O)[O-])cc2F)cn1. The van der Waals surface area contributed by atoms with Crippen LogP contribution in [0.15, 0.2) is 30.5 Å². The van der Waals surface area contributed by atoms with Crippen molar-refractivity contribution >= 4 is 17.3 Å². The predicted octanol–water partition coefficient (Wildman–Crippen LogP) is 2.83. The number of carbonyl (C=O) groups excluding carboxylic acids is 1. The predicted molar refractivity (Wildman–Crippen MR) is 69.9 cm³/mol. The normalized spacial score (nSPS) is 10.2. The van der Waals surface area contributed by atoms with E-state index in [1.165, 1.54) is 6.20 Å². The third kappa shape index (κ3) is 3.16. The van der Waals surface area contributed by atoms with Crippen LogP contribution in [0.25, 0.3) is 0 Å². The van der Waals surface area contributed by atoms with E-state index in [0.717, 1.165) is 5.69 Å². The van der Waals surface area contributed by atoms with Gasteiger partial charge in [0.1, 0.15) is 5.82 Å². The van der Waals surface area contributed by atoms with Crippen molar-refractivity contribution < 1.29 is 18.5 Å². The van der Waals surface area contributed by atoms with Crippen molar-refractivity contribution in [1.82, 2.24) is 4.98 Å². The van der Waals surface area contributed by atoms with E-state index in [2.05, 4.69) is 10.3 Å². The zero-order chi connectivity index (χ0) is 15.6. The van der Waals surface area contributed by atoms with E-state index >= 15 is 0 Å². The van der Waals surface area contributed by atoms with Gasteiger partial charge in [-0.2, -0.15) is 4.39 Å². The molecule has 6 nitrogen and oxygen atoms in total. The Hall–Kier alpha value is -2.90. The number of nitrogens with one attached hydrogen (secondary N) is 1. The van der Waals surface area contributed by atoms with Crippen LogP contribution in [0.4, 0.5) is 20.2 Å². The lowest BCUT2D eigenvalue weighted by Crippen LogP contribution is -2.15. The fourth-order valence-corrected chi connectivity index (χ4v) is 1.59. The number of aryl methyl sites for hydroxylation is 1. The molecule has 0 aliphatic carbocycles. The molecule has 1 heterocycles. The Morgan fingerprint density at radius 3 is 2.57 bits per heavy atom. The lowest BCUT2D eigenvalue weighted by molar-refractivity contribution is -0.387. The standard InChI is InChI=1S/C13H9F2N3O3/c1-7-2-3-8(6-16-7)17-13(19)9-4-11(15)12(18(20)21)5-10(9)14/h2-6H,1H3,(H,17,19). The highest BCUT2D eigenvalue weighted by atomic mass is 19.1. The largest absolute Gasteiger partial charge is 0.320 e. The number of pyridine rings is 1. The number of aromatic nitrogens is 1. The fraction of sp³-hybridized carbons (Fsp3) is 0.0769. The molecule has 0 spiro atoms. The van der Waals surface area contributed by atoms with Gasteiger partial charge in [0, 0.05) is 5.69 Å². The molecule has 2 rings (SSSR count). The van der Waals surface area contributed by atoms with Crippen molar-refractivity contribution in [2.75, 3.05) is 5.32 Å². The summed E-state index contributed by atoms with van der Waals surface area (Å²) in [7, 11) is 0. The van der Waals surface area contributed by atoms with E-state index in [4.69, 9.17) is 0 Å². The quantitative estimate of drug-likeness (QED) is 0.696. The minimum absolute atomic E-state index is 0.295. The topological polar surface area (TPSA) is 85.1 Å². The molecule has 0 saturated carbocycles. The van der Waals surface area contributed by atoms with Crippen LogP contribution in [0, 0.1) is 28.7 Å². The molecule has 0 radical (unpaired) electrons. The van der Waals surface area contributed by atoms with Crippen molar-refractivity contribution in [2.24, 2.45) is 0 Å². The molecule has 0 atom stereocenters. The molecular formula is C13H9F2N3O3. The molecular weight excluding hydrogens is 284 g/mol. The lowest BCUT2D eigenvalue weighted by Gasteiger charge is -2.06. The van der Waals surface area contributed by atoms with Crippen LogP contribution in [-0.2, 0) is 0 Å².